The van der Waals surface area contributed by atoms with Crippen LogP contribution in [0, 0.1) is 0 Å². The molecule has 3 aromatic carbocycles. The number of nitrogens with zero attached hydrogens (tertiary/aromatic N) is 3. The molecule has 2 heterocycles. The number of para-hydroxylation sites is 1. The minimum atomic E-state index is -0.182. The molecule has 172 valence electrons. The largest absolute Gasteiger partial charge is 0.489 e. The van der Waals surface area contributed by atoms with Gasteiger partial charge in [-0.15, -0.1) is 0 Å². The van der Waals surface area contributed by atoms with E-state index in [1.54, 1.807) is 0 Å². The average Bonchev–Trinajstić information content (AvgIpc) is 3.24. The lowest BCUT2D eigenvalue weighted by Gasteiger charge is -2.36. The van der Waals surface area contributed by atoms with Crippen LogP contribution in [0.15, 0.2) is 88.8 Å². The van der Waals surface area contributed by atoms with Gasteiger partial charge in [0.15, 0.2) is 5.17 Å². The van der Waals surface area contributed by atoms with Crippen LogP contribution in [0.25, 0.3) is 6.08 Å². The van der Waals surface area contributed by atoms with Gasteiger partial charge < -0.3 is 14.5 Å². The first-order valence-corrected chi connectivity index (χ1v) is 12.4. The van der Waals surface area contributed by atoms with E-state index in [0.717, 1.165) is 48.2 Å². The third kappa shape index (κ3) is 5.46. The molecule has 2 aliphatic rings. The fraction of sp³-hybridized carbons (Fsp3) is 0.185. The highest BCUT2D eigenvalue weighted by molar-refractivity contribution is 8.18. The molecule has 5 nitrogen and oxygen atoms in total. The van der Waals surface area contributed by atoms with Crippen LogP contribution < -0.4 is 9.64 Å². The number of ether oxygens (including phenoxy) is 1. The number of anilines is 1. The van der Waals surface area contributed by atoms with Gasteiger partial charge in [-0.3, -0.25) is 4.79 Å². The van der Waals surface area contributed by atoms with Crippen molar-refractivity contribution in [3.05, 3.63) is 99.9 Å². The van der Waals surface area contributed by atoms with Crippen molar-refractivity contribution in [1.82, 2.24) is 4.90 Å². The lowest BCUT2D eigenvalue weighted by molar-refractivity contribution is -0.113. The van der Waals surface area contributed by atoms with Gasteiger partial charge in [-0.25, -0.2) is 0 Å². The number of benzene rings is 3. The zero-order valence-corrected chi connectivity index (χ0v) is 20.1. The van der Waals surface area contributed by atoms with Gasteiger partial charge in [0.1, 0.15) is 12.4 Å². The Balaban J connectivity index is 1.19. The zero-order valence-electron chi connectivity index (χ0n) is 18.6. The molecule has 0 N–H and O–H groups in total. The van der Waals surface area contributed by atoms with E-state index in [1.807, 2.05) is 60.7 Å². The predicted octanol–water partition coefficient (Wildman–Crippen LogP) is 5.71. The number of rotatable bonds is 5. The van der Waals surface area contributed by atoms with E-state index in [0.29, 0.717) is 16.5 Å². The molecule has 0 aliphatic carbocycles. The number of amidine groups is 1. The molecule has 1 fully saturated rings. The number of hydrogen-bond acceptors (Lipinski definition) is 5. The monoisotopic (exact) mass is 489 g/mol. The second-order valence-corrected chi connectivity index (χ2v) is 9.55. The number of carbonyl (C=O) groups is 1. The Morgan fingerprint density at radius 2 is 1.65 bits per heavy atom. The lowest BCUT2D eigenvalue weighted by atomic mass is 10.2. The summed E-state index contributed by atoms with van der Waals surface area (Å²) >= 11 is 7.39. The molecule has 0 bridgehead atoms. The summed E-state index contributed by atoms with van der Waals surface area (Å²) in [5.41, 5.74) is 3.19. The fourth-order valence-electron chi connectivity index (χ4n) is 3.92. The first-order valence-electron chi connectivity index (χ1n) is 11.2. The van der Waals surface area contributed by atoms with Crippen molar-refractivity contribution < 1.29 is 9.53 Å². The molecule has 1 saturated heterocycles. The molecule has 0 atom stereocenters. The maximum absolute atomic E-state index is 12.6. The Morgan fingerprint density at radius 3 is 2.41 bits per heavy atom. The van der Waals surface area contributed by atoms with Crippen LogP contribution in [0.5, 0.6) is 5.75 Å². The number of halogens is 1. The third-order valence-electron chi connectivity index (χ3n) is 5.76. The van der Waals surface area contributed by atoms with Crippen LogP contribution in [-0.4, -0.2) is 42.2 Å². The highest BCUT2D eigenvalue weighted by atomic mass is 35.5. The molecular weight excluding hydrogens is 466 g/mol. The summed E-state index contributed by atoms with van der Waals surface area (Å²) in [4.78, 5) is 22.1. The second-order valence-electron chi connectivity index (χ2n) is 8.11. The Labute approximate surface area is 208 Å². The number of carbonyl (C=O) groups excluding carboxylic acids is 1. The number of hydrogen-bond donors (Lipinski definition) is 0. The molecule has 7 heteroatoms. The van der Waals surface area contributed by atoms with Crippen molar-refractivity contribution in [2.45, 2.75) is 6.61 Å². The van der Waals surface area contributed by atoms with E-state index in [9.17, 15) is 4.79 Å². The second kappa shape index (κ2) is 10.4. The van der Waals surface area contributed by atoms with Crippen molar-refractivity contribution in [1.29, 1.82) is 0 Å². The van der Waals surface area contributed by atoms with Gasteiger partial charge in [0.2, 0.25) is 0 Å². The topological polar surface area (TPSA) is 45.1 Å². The SMILES string of the molecule is O=C1N=C(N2CCN(c3ccccc3)CC2)SC1=Cc1cccc(OCc2ccc(Cl)cc2)c1. The number of amides is 1. The molecule has 0 saturated carbocycles. The molecule has 3 aromatic rings. The summed E-state index contributed by atoms with van der Waals surface area (Å²) in [5, 5.41) is 1.50. The zero-order chi connectivity index (χ0) is 23.3. The van der Waals surface area contributed by atoms with E-state index >= 15 is 0 Å². The Bertz CT molecular complexity index is 1220. The first-order chi connectivity index (χ1) is 16.6. The summed E-state index contributed by atoms with van der Waals surface area (Å²) in [6, 6.07) is 25.8. The van der Waals surface area contributed by atoms with Gasteiger partial charge in [0.05, 0.1) is 4.91 Å². The third-order valence-corrected chi connectivity index (χ3v) is 7.05. The molecule has 1 amide bonds. The van der Waals surface area contributed by atoms with Crippen molar-refractivity contribution >= 4 is 46.2 Å². The Hall–Kier alpha value is -3.22. The van der Waals surface area contributed by atoms with Crippen molar-refractivity contribution in [3.8, 4) is 5.75 Å². The van der Waals surface area contributed by atoms with E-state index in [-0.39, 0.29) is 5.91 Å². The van der Waals surface area contributed by atoms with Gasteiger partial charge >= 0.3 is 0 Å². The maximum atomic E-state index is 12.6. The van der Waals surface area contributed by atoms with E-state index in [2.05, 4.69) is 39.1 Å². The van der Waals surface area contributed by atoms with E-state index in [1.165, 1.54) is 17.4 Å². The van der Waals surface area contributed by atoms with Crippen molar-refractivity contribution in [2.24, 2.45) is 4.99 Å². The van der Waals surface area contributed by atoms with Crippen LogP contribution in [-0.2, 0) is 11.4 Å². The Kier molecular flexibility index (Phi) is 6.88. The minimum Gasteiger partial charge on any atom is -0.489 e. The van der Waals surface area contributed by atoms with Crippen LogP contribution in [0.4, 0.5) is 5.69 Å². The lowest BCUT2D eigenvalue weighted by Crippen LogP contribution is -2.47. The average molecular weight is 490 g/mol. The van der Waals surface area contributed by atoms with Crippen LogP contribution in [0.1, 0.15) is 11.1 Å². The van der Waals surface area contributed by atoms with Gasteiger partial charge in [-0.1, -0.05) is 54.1 Å². The number of thioether (sulfide) groups is 1. The van der Waals surface area contributed by atoms with Gasteiger partial charge in [0, 0.05) is 36.9 Å². The fourth-order valence-corrected chi connectivity index (χ4v) is 5.01. The molecule has 2 aliphatic heterocycles. The van der Waals surface area contributed by atoms with Crippen LogP contribution >= 0.6 is 23.4 Å². The molecular formula is C27H24ClN3O2S. The molecule has 0 spiro atoms. The maximum Gasteiger partial charge on any atom is 0.286 e. The van der Waals surface area contributed by atoms with Gasteiger partial charge in [-0.05, 0) is 65.4 Å². The van der Waals surface area contributed by atoms with Crippen molar-refractivity contribution in [3.63, 3.8) is 0 Å². The standard InChI is InChI=1S/C27H24ClN3O2S/c28-22-11-9-20(10-12-22)19-33-24-8-4-5-21(17-24)18-25-26(32)29-27(34-25)31-15-13-30(14-16-31)23-6-2-1-3-7-23/h1-12,17-18H,13-16,19H2. The molecule has 34 heavy (non-hydrogen) atoms. The molecule has 0 unspecified atom stereocenters. The summed E-state index contributed by atoms with van der Waals surface area (Å²) in [7, 11) is 0. The smallest absolute Gasteiger partial charge is 0.286 e. The van der Waals surface area contributed by atoms with Crippen molar-refractivity contribution in [2.75, 3.05) is 31.1 Å². The first kappa shape index (κ1) is 22.6. The quantitative estimate of drug-likeness (QED) is 0.429. The van der Waals surface area contributed by atoms with Gasteiger partial charge in [0.25, 0.3) is 5.91 Å². The highest BCUT2D eigenvalue weighted by Gasteiger charge is 2.28. The van der Waals surface area contributed by atoms with E-state index in [4.69, 9.17) is 16.3 Å². The molecule has 5 rings (SSSR count). The van der Waals surface area contributed by atoms with Crippen LogP contribution in [0.2, 0.25) is 5.02 Å². The number of piperazine rings is 1. The summed E-state index contributed by atoms with van der Waals surface area (Å²) in [5.74, 6) is 0.566. The molecule has 0 aromatic heterocycles. The summed E-state index contributed by atoms with van der Waals surface area (Å²) in [6.45, 7) is 3.95. The predicted molar refractivity (Wildman–Crippen MR) is 140 cm³/mol. The summed E-state index contributed by atoms with van der Waals surface area (Å²) in [6.07, 6.45) is 1.89. The molecule has 0 radical (unpaired) electrons. The normalized spacial score (nSPS) is 17.3. The Morgan fingerprint density at radius 1 is 0.912 bits per heavy atom. The summed E-state index contributed by atoms with van der Waals surface area (Å²) < 4.78 is 5.92. The highest BCUT2D eigenvalue weighted by Crippen LogP contribution is 2.31. The van der Waals surface area contributed by atoms with E-state index < -0.39 is 0 Å². The van der Waals surface area contributed by atoms with Gasteiger partial charge in [-0.2, -0.15) is 4.99 Å². The number of aliphatic imine (C=N–C) groups is 1. The van der Waals surface area contributed by atoms with Crippen LogP contribution in [0.3, 0.4) is 0 Å². The minimum absolute atomic E-state index is 0.182.